The van der Waals surface area contributed by atoms with Crippen LogP contribution in [0.3, 0.4) is 0 Å². The number of ether oxygens (including phenoxy) is 2. The van der Waals surface area contributed by atoms with Crippen LogP contribution in [0, 0.1) is 5.92 Å². The molecule has 2 aromatic carbocycles. The lowest BCUT2D eigenvalue weighted by molar-refractivity contribution is 0.174. The Kier molecular flexibility index (Phi) is 6.27. The molecule has 1 atom stereocenters. The van der Waals surface area contributed by atoms with E-state index in [9.17, 15) is 0 Å². The molecule has 0 saturated heterocycles. The number of hydrogen-bond donors (Lipinski definition) is 0. The second kappa shape index (κ2) is 9.06. The summed E-state index contributed by atoms with van der Waals surface area (Å²) in [6.45, 7) is 3.78. The van der Waals surface area contributed by atoms with E-state index in [4.69, 9.17) is 9.47 Å². The molecular weight excluding hydrogens is 382 g/mol. The van der Waals surface area contributed by atoms with Crippen molar-refractivity contribution in [3.8, 4) is 11.5 Å². The van der Waals surface area contributed by atoms with Gasteiger partial charge in [-0.3, -0.25) is 4.90 Å². The first-order valence-corrected chi connectivity index (χ1v) is 10.4. The molecule has 2 heterocycles. The Labute approximate surface area is 179 Å². The minimum Gasteiger partial charge on any atom is -0.454 e. The van der Waals surface area contributed by atoms with Crippen molar-refractivity contribution in [2.24, 2.45) is 5.92 Å². The molecule has 0 bridgehead atoms. The summed E-state index contributed by atoms with van der Waals surface area (Å²) in [5, 5.41) is 0. The van der Waals surface area contributed by atoms with Crippen LogP contribution in [-0.4, -0.2) is 31.3 Å². The van der Waals surface area contributed by atoms with Gasteiger partial charge in [0.2, 0.25) is 6.79 Å². The van der Waals surface area contributed by atoms with Crippen LogP contribution in [0.4, 0.5) is 0 Å². The number of allylic oxidation sites excluding steroid dienone is 2. The van der Waals surface area contributed by atoms with Gasteiger partial charge in [-0.2, -0.15) is 0 Å². The van der Waals surface area contributed by atoms with Gasteiger partial charge in [0.1, 0.15) is 0 Å². The third-order valence-electron chi connectivity index (χ3n) is 6.17. The molecule has 0 saturated carbocycles. The highest BCUT2D eigenvalue weighted by Gasteiger charge is 2.22. The monoisotopic (exact) mass is 409 g/mol. The summed E-state index contributed by atoms with van der Waals surface area (Å²) in [4.78, 5) is 2.62. The summed E-state index contributed by atoms with van der Waals surface area (Å²) in [5.41, 5.74) is 5.64. The maximum Gasteiger partial charge on any atom is 0.231 e. The molecule has 5 rings (SSSR count). The smallest absolute Gasteiger partial charge is 0.231 e. The Morgan fingerprint density at radius 1 is 0.897 bits per heavy atom. The van der Waals surface area contributed by atoms with E-state index in [-0.39, 0.29) is 12.4 Å². The molecule has 0 spiro atoms. The second-order valence-corrected chi connectivity index (χ2v) is 8.05. The second-order valence-electron chi connectivity index (χ2n) is 8.05. The third kappa shape index (κ3) is 4.52. The number of halogens is 1. The zero-order valence-corrected chi connectivity index (χ0v) is 17.5. The molecule has 0 aromatic heterocycles. The van der Waals surface area contributed by atoms with Gasteiger partial charge in [-0.05, 0) is 66.0 Å². The van der Waals surface area contributed by atoms with Gasteiger partial charge in [0.15, 0.2) is 11.5 Å². The van der Waals surface area contributed by atoms with Crippen LogP contribution in [0.2, 0.25) is 0 Å². The lowest BCUT2D eigenvalue weighted by Crippen LogP contribution is -2.33. The number of rotatable bonds is 4. The lowest BCUT2D eigenvalue weighted by Gasteiger charge is -2.32. The first-order valence-electron chi connectivity index (χ1n) is 10.4. The Balaban J connectivity index is 0.00000205. The summed E-state index contributed by atoms with van der Waals surface area (Å²) in [5.74, 6) is 2.48. The van der Waals surface area contributed by atoms with E-state index in [1.807, 2.05) is 6.07 Å². The molecule has 0 radical (unpaired) electrons. The van der Waals surface area contributed by atoms with Gasteiger partial charge in [-0.1, -0.05) is 48.6 Å². The van der Waals surface area contributed by atoms with Crippen molar-refractivity contribution < 1.29 is 9.47 Å². The summed E-state index contributed by atoms with van der Waals surface area (Å²) in [7, 11) is 0. The minimum atomic E-state index is 0. The van der Waals surface area contributed by atoms with Crippen molar-refractivity contribution in [2.45, 2.75) is 25.7 Å². The summed E-state index contributed by atoms with van der Waals surface area (Å²) >= 11 is 0. The molecule has 0 fully saturated rings. The van der Waals surface area contributed by atoms with Crippen LogP contribution in [-0.2, 0) is 0 Å². The Morgan fingerprint density at radius 2 is 1.76 bits per heavy atom. The van der Waals surface area contributed by atoms with Crippen molar-refractivity contribution in [1.82, 2.24) is 4.90 Å². The molecule has 3 nitrogen and oxygen atoms in total. The van der Waals surface area contributed by atoms with E-state index in [0.29, 0.717) is 6.79 Å². The highest BCUT2D eigenvalue weighted by atomic mass is 35.5. The molecule has 1 aliphatic carbocycles. The fourth-order valence-electron chi connectivity index (χ4n) is 4.63. The lowest BCUT2D eigenvalue weighted by atomic mass is 9.85. The van der Waals surface area contributed by atoms with Crippen LogP contribution in [0.15, 0.2) is 60.7 Å². The van der Waals surface area contributed by atoms with E-state index in [1.54, 1.807) is 0 Å². The SMILES string of the molecule is C1=C(c2ccccc2)CCN(C[C@@H]2CCC=C(c3ccc4c(c3)OCO4)C2)C1.Cl. The molecule has 3 aliphatic rings. The van der Waals surface area contributed by atoms with Gasteiger partial charge in [0.25, 0.3) is 0 Å². The first kappa shape index (κ1) is 20.1. The highest BCUT2D eigenvalue weighted by molar-refractivity contribution is 5.85. The van der Waals surface area contributed by atoms with Crippen LogP contribution in [0.25, 0.3) is 11.1 Å². The van der Waals surface area contributed by atoms with Gasteiger partial charge >= 0.3 is 0 Å². The van der Waals surface area contributed by atoms with Gasteiger partial charge in [0.05, 0.1) is 0 Å². The average Bonchev–Trinajstić information content (AvgIpc) is 3.23. The van der Waals surface area contributed by atoms with Crippen molar-refractivity contribution in [2.75, 3.05) is 26.4 Å². The van der Waals surface area contributed by atoms with Crippen molar-refractivity contribution in [3.63, 3.8) is 0 Å². The van der Waals surface area contributed by atoms with Crippen LogP contribution in [0.1, 0.15) is 36.8 Å². The molecule has 0 unspecified atom stereocenters. The maximum atomic E-state index is 5.56. The Morgan fingerprint density at radius 3 is 2.59 bits per heavy atom. The molecule has 4 heteroatoms. The van der Waals surface area contributed by atoms with E-state index in [2.05, 4.69) is 59.5 Å². The van der Waals surface area contributed by atoms with E-state index < -0.39 is 0 Å². The third-order valence-corrected chi connectivity index (χ3v) is 6.17. The fourth-order valence-corrected chi connectivity index (χ4v) is 4.63. The van der Waals surface area contributed by atoms with E-state index >= 15 is 0 Å². The summed E-state index contributed by atoms with van der Waals surface area (Å²) < 4.78 is 11.0. The molecule has 2 aromatic rings. The van der Waals surface area contributed by atoms with Crippen LogP contribution < -0.4 is 9.47 Å². The molecule has 2 aliphatic heterocycles. The zero-order valence-electron chi connectivity index (χ0n) is 16.7. The number of benzene rings is 2. The quantitative estimate of drug-likeness (QED) is 0.636. The Bertz CT molecular complexity index is 906. The first-order chi connectivity index (χ1) is 13.8. The molecule has 29 heavy (non-hydrogen) atoms. The van der Waals surface area contributed by atoms with Crippen molar-refractivity contribution >= 4 is 23.6 Å². The van der Waals surface area contributed by atoms with Gasteiger partial charge < -0.3 is 9.47 Å². The van der Waals surface area contributed by atoms with E-state index in [0.717, 1.165) is 36.8 Å². The van der Waals surface area contributed by atoms with Gasteiger partial charge in [-0.15, -0.1) is 12.4 Å². The largest absolute Gasteiger partial charge is 0.454 e. The highest BCUT2D eigenvalue weighted by Crippen LogP contribution is 2.38. The summed E-state index contributed by atoms with van der Waals surface area (Å²) in [6, 6.07) is 17.2. The van der Waals surface area contributed by atoms with Crippen LogP contribution in [0.5, 0.6) is 11.5 Å². The zero-order chi connectivity index (χ0) is 18.8. The van der Waals surface area contributed by atoms with Crippen molar-refractivity contribution in [1.29, 1.82) is 0 Å². The predicted octanol–water partition coefficient (Wildman–Crippen LogP) is 5.81. The predicted molar refractivity (Wildman–Crippen MR) is 121 cm³/mol. The molecule has 0 N–H and O–H groups in total. The van der Waals surface area contributed by atoms with E-state index in [1.165, 1.54) is 48.2 Å². The minimum absolute atomic E-state index is 0. The van der Waals surface area contributed by atoms with Gasteiger partial charge in [0, 0.05) is 19.6 Å². The number of hydrogen-bond acceptors (Lipinski definition) is 3. The Hall–Kier alpha value is -2.23. The number of fused-ring (bicyclic) bond motifs is 1. The standard InChI is InChI=1S/C25H27NO2.ClH/c1-2-6-20(7-3-1)21-11-13-26(14-12-21)17-19-5-4-8-22(15-19)23-9-10-24-25(16-23)28-18-27-24;/h1-3,6-11,16,19H,4-5,12-15,17-18H2;1H/t19-;/m1./s1. The fraction of sp³-hybridized carbons (Fsp3) is 0.360. The van der Waals surface area contributed by atoms with Crippen molar-refractivity contribution in [3.05, 3.63) is 71.8 Å². The molecular formula is C25H28ClNO2. The van der Waals surface area contributed by atoms with Gasteiger partial charge in [-0.25, -0.2) is 0 Å². The van der Waals surface area contributed by atoms with Crippen LogP contribution >= 0.6 is 12.4 Å². The number of nitrogens with zero attached hydrogens (tertiary/aromatic N) is 1. The average molecular weight is 410 g/mol. The summed E-state index contributed by atoms with van der Waals surface area (Å²) in [6.07, 6.45) is 9.62. The molecule has 0 amide bonds. The normalized spacial score (nSPS) is 21.2. The topological polar surface area (TPSA) is 21.7 Å². The maximum absolute atomic E-state index is 5.56. The molecule has 152 valence electrons.